The van der Waals surface area contributed by atoms with E-state index in [4.69, 9.17) is 23.2 Å². The number of halogens is 2. The fourth-order valence-electron chi connectivity index (χ4n) is 6.34. The Hall–Kier alpha value is -1.55. The van der Waals surface area contributed by atoms with Gasteiger partial charge in [-0.25, -0.2) is 0 Å². The minimum Gasteiger partial charge on any atom is -0.344 e. The molecule has 5 heteroatoms. The molecule has 0 amide bonds. The van der Waals surface area contributed by atoms with Crippen molar-refractivity contribution in [3.8, 4) is 0 Å². The topological polar surface area (TPSA) is 9.86 Å². The van der Waals surface area contributed by atoms with E-state index < -0.39 is 0 Å². The number of aryl methyl sites for hydroxylation is 6. The first-order valence-electron chi connectivity index (χ1n) is 12.2. The lowest BCUT2D eigenvalue weighted by Crippen LogP contribution is -2.09. The van der Waals surface area contributed by atoms with Crippen molar-refractivity contribution < 1.29 is 0 Å². The molecule has 33 heavy (non-hydrogen) atoms. The Morgan fingerprint density at radius 2 is 1.18 bits per heavy atom. The SMILES string of the molecule is Cc1c(CCSCCc2c(C)n3c4c(cc(Cl)cc24)CCC3)c2cc(Cl)cc3c2n1CCC3. The van der Waals surface area contributed by atoms with Gasteiger partial charge in [-0.3, -0.25) is 0 Å². The van der Waals surface area contributed by atoms with Crippen molar-refractivity contribution in [3.05, 3.63) is 68.0 Å². The summed E-state index contributed by atoms with van der Waals surface area (Å²) < 4.78 is 5.07. The van der Waals surface area contributed by atoms with Crippen LogP contribution in [0.4, 0.5) is 0 Å². The van der Waals surface area contributed by atoms with E-state index >= 15 is 0 Å². The highest BCUT2D eigenvalue weighted by Crippen LogP contribution is 2.37. The van der Waals surface area contributed by atoms with Crippen molar-refractivity contribution in [2.75, 3.05) is 11.5 Å². The van der Waals surface area contributed by atoms with E-state index in [-0.39, 0.29) is 0 Å². The van der Waals surface area contributed by atoms with Crippen molar-refractivity contribution in [1.82, 2.24) is 9.13 Å². The van der Waals surface area contributed by atoms with Crippen LogP contribution in [0.5, 0.6) is 0 Å². The molecule has 0 fully saturated rings. The zero-order valence-electron chi connectivity index (χ0n) is 19.4. The lowest BCUT2D eigenvalue weighted by atomic mass is 10.0. The number of thioether (sulfide) groups is 1. The van der Waals surface area contributed by atoms with Crippen LogP contribution in [0.1, 0.15) is 46.5 Å². The predicted molar refractivity (Wildman–Crippen MR) is 145 cm³/mol. The van der Waals surface area contributed by atoms with Crippen molar-refractivity contribution in [3.63, 3.8) is 0 Å². The van der Waals surface area contributed by atoms with Crippen LogP contribution in [-0.4, -0.2) is 20.6 Å². The molecule has 0 aliphatic carbocycles. The molecule has 4 aromatic rings. The van der Waals surface area contributed by atoms with Crippen molar-refractivity contribution in [2.45, 2.75) is 65.5 Å². The van der Waals surface area contributed by atoms with Gasteiger partial charge in [-0.05, 0) is 110 Å². The van der Waals surface area contributed by atoms with Gasteiger partial charge in [0.2, 0.25) is 0 Å². The van der Waals surface area contributed by atoms with Crippen LogP contribution in [0.15, 0.2) is 24.3 Å². The summed E-state index contributed by atoms with van der Waals surface area (Å²) >= 11 is 15.1. The monoisotopic (exact) mass is 496 g/mol. The molecule has 0 atom stereocenters. The van der Waals surface area contributed by atoms with Crippen LogP contribution >= 0.6 is 35.0 Å². The third-order valence-electron chi connectivity index (χ3n) is 7.83. The molecule has 0 bridgehead atoms. The van der Waals surface area contributed by atoms with E-state index in [2.05, 4.69) is 59.0 Å². The Bertz CT molecular complexity index is 1290. The number of aromatic nitrogens is 2. The van der Waals surface area contributed by atoms with E-state index in [0.717, 1.165) is 60.3 Å². The maximum atomic E-state index is 6.49. The molecule has 6 rings (SSSR count). The zero-order valence-corrected chi connectivity index (χ0v) is 21.8. The number of rotatable bonds is 6. The van der Waals surface area contributed by atoms with Crippen LogP contribution in [0.2, 0.25) is 10.0 Å². The molecular formula is C28H30Cl2N2S. The second kappa shape index (κ2) is 8.59. The highest BCUT2D eigenvalue weighted by Gasteiger charge is 2.22. The minimum absolute atomic E-state index is 0.882. The fraction of sp³-hybridized carbons (Fsp3) is 0.429. The van der Waals surface area contributed by atoms with E-state index in [1.54, 1.807) is 0 Å². The van der Waals surface area contributed by atoms with Gasteiger partial charge in [0.15, 0.2) is 0 Å². The summed E-state index contributed by atoms with van der Waals surface area (Å²) in [5.74, 6) is 2.29. The van der Waals surface area contributed by atoms with Gasteiger partial charge < -0.3 is 9.13 Å². The van der Waals surface area contributed by atoms with E-state index in [1.165, 1.54) is 68.3 Å². The Labute approximate surface area is 210 Å². The first-order chi connectivity index (χ1) is 16.0. The van der Waals surface area contributed by atoms with Crippen LogP contribution in [-0.2, 0) is 38.8 Å². The van der Waals surface area contributed by atoms with Gasteiger partial charge in [0.05, 0.1) is 11.0 Å². The lowest BCUT2D eigenvalue weighted by Gasteiger charge is -2.17. The number of benzene rings is 2. The highest BCUT2D eigenvalue weighted by atomic mass is 35.5. The molecule has 0 saturated heterocycles. The molecule has 0 spiro atoms. The Kier molecular flexibility index (Phi) is 5.71. The van der Waals surface area contributed by atoms with Gasteiger partial charge >= 0.3 is 0 Å². The lowest BCUT2D eigenvalue weighted by molar-refractivity contribution is 0.621. The molecule has 4 heterocycles. The van der Waals surface area contributed by atoms with Gasteiger partial charge in [0.25, 0.3) is 0 Å². The summed E-state index contributed by atoms with van der Waals surface area (Å²) in [6.07, 6.45) is 6.93. The quantitative estimate of drug-likeness (QED) is 0.246. The molecule has 2 aromatic carbocycles. The first kappa shape index (κ1) is 21.9. The predicted octanol–water partition coefficient (Wildman–Crippen LogP) is 7.93. The Balaban J connectivity index is 1.19. The zero-order chi connectivity index (χ0) is 22.7. The third-order valence-corrected chi connectivity index (χ3v) is 9.25. The van der Waals surface area contributed by atoms with Crippen LogP contribution < -0.4 is 0 Å². The van der Waals surface area contributed by atoms with Gasteiger partial charge in [0, 0.05) is 45.3 Å². The minimum atomic E-state index is 0.882. The molecule has 0 saturated carbocycles. The van der Waals surface area contributed by atoms with E-state index in [9.17, 15) is 0 Å². The Morgan fingerprint density at radius 3 is 1.64 bits per heavy atom. The second-order valence-corrected chi connectivity index (χ2v) is 11.8. The summed E-state index contributed by atoms with van der Waals surface area (Å²) in [6, 6.07) is 8.72. The van der Waals surface area contributed by atoms with Crippen LogP contribution in [0.25, 0.3) is 21.8 Å². The fourth-order valence-corrected chi connectivity index (χ4v) is 7.72. The first-order valence-corrected chi connectivity index (χ1v) is 14.1. The standard InChI is InChI=1S/C28H30Cl2N2S/c1-17-23(25-15-21(29)13-19-5-3-9-31(17)27(19)25)7-11-33-12-8-24-18(2)32-10-4-6-20-14-22(30)16-26(24)28(20)32/h13-16H,3-12H2,1-2H3. The number of nitrogens with zero attached hydrogens (tertiary/aromatic N) is 2. The molecule has 0 unspecified atom stereocenters. The largest absolute Gasteiger partial charge is 0.344 e. The molecule has 0 N–H and O–H groups in total. The molecule has 2 nitrogen and oxygen atoms in total. The maximum absolute atomic E-state index is 6.49. The smallest absolute Gasteiger partial charge is 0.0518 e. The maximum Gasteiger partial charge on any atom is 0.0518 e. The number of hydrogen-bond acceptors (Lipinski definition) is 1. The Morgan fingerprint density at radius 1 is 0.727 bits per heavy atom. The molecule has 0 radical (unpaired) electrons. The van der Waals surface area contributed by atoms with Gasteiger partial charge in [-0.2, -0.15) is 11.8 Å². The van der Waals surface area contributed by atoms with E-state index in [0.29, 0.717) is 0 Å². The molecule has 2 aliphatic rings. The molecule has 2 aliphatic heterocycles. The molecule has 172 valence electrons. The highest BCUT2D eigenvalue weighted by molar-refractivity contribution is 7.99. The average molecular weight is 498 g/mol. The molecule has 2 aromatic heterocycles. The van der Waals surface area contributed by atoms with Crippen LogP contribution in [0, 0.1) is 13.8 Å². The third kappa shape index (κ3) is 3.63. The summed E-state index contributed by atoms with van der Waals surface area (Å²) in [5, 5.41) is 4.53. The van der Waals surface area contributed by atoms with Crippen molar-refractivity contribution in [1.29, 1.82) is 0 Å². The normalized spacial score (nSPS) is 15.2. The summed E-state index contributed by atoms with van der Waals surface area (Å²) in [5.41, 5.74) is 11.6. The van der Waals surface area contributed by atoms with Gasteiger partial charge in [-0.1, -0.05) is 23.2 Å². The summed E-state index contributed by atoms with van der Waals surface area (Å²) in [4.78, 5) is 0. The molecular weight excluding hydrogens is 467 g/mol. The number of hydrogen-bond donors (Lipinski definition) is 0. The van der Waals surface area contributed by atoms with Crippen molar-refractivity contribution in [2.24, 2.45) is 0 Å². The van der Waals surface area contributed by atoms with E-state index in [1.807, 2.05) is 0 Å². The van der Waals surface area contributed by atoms with Gasteiger partial charge in [-0.15, -0.1) is 0 Å². The van der Waals surface area contributed by atoms with Crippen LogP contribution in [0.3, 0.4) is 0 Å². The average Bonchev–Trinajstić information content (AvgIpc) is 3.22. The van der Waals surface area contributed by atoms with Gasteiger partial charge in [0.1, 0.15) is 0 Å². The summed E-state index contributed by atoms with van der Waals surface area (Å²) in [6.45, 7) is 6.87. The van der Waals surface area contributed by atoms with Crippen molar-refractivity contribution >= 4 is 56.8 Å². The summed E-state index contributed by atoms with van der Waals surface area (Å²) in [7, 11) is 0. The second-order valence-electron chi connectivity index (χ2n) is 9.67.